The van der Waals surface area contributed by atoms with Gasteiger partial charge in [-0.15, -0.1) is 11.3 Å². The first-order valence-electron chi connectivity index (χ1n) is 10.5. The standard InChI is InChI=1S/C23H26N4O4S/c1-6-26-16-9-15(7-8-18(16)31-12-20(26)29)17(28)10-27-19(11-25(4)5)24-22-21(23(27)30)13(2)14(3)32-22/h7-9H,6,10-12H2,1-5H3. The van der Waals surface area contributed by atoms with E-state index in [1.165, 1.54) is 15.9 Å². The third-order valence-electron chi connectivity index (χ3n) is 5.67. The van der Waals surface area contributed by atoms with Crippen molar-refractivity contribution in [1.29, 1.82) is 0 Å². The normalized spacial score (nSPS) is 13.6. The number of amides is 1. The first-order chi connectivity index (χ1) is 15.2. The van der Waals surface area contributed by atoms with Gasteiger partial charge in [-0.1, -0.05) is 0 Å². The molecular weight excluding hydrogens is 428 g/mol. The van der Waals surface area contributed by atoms with Gasteiger partial charge in [-0.05, 0) is 58.6 Å². The van der Waals surface area contributed by atoms with Gasteiger partial charge in [0.25, 0.3) is 11.5 Å². The van der Waals surface area contributed by atoms with E-state index in [0.717, 1.165) is 10.4 Å². The number of likely N-dealkylation sites (N-methyl/N-ethyl adjacent to an activating group) is 1. The molecule has 2 aromatic heterocycles. The minimum Gasteiger partial charge on any atom is -0.482 e. The molecule has 0 radical (unpaired) electrons. The van der Waals surface area contributed by atoms with E-state index in [1.54, 1.807) is 23.1 Å². The number of anilines is 1. The van der Waals surface area contributed by atoms with E-state index in [9.17, 15) is 14.4 Å². The van der Waals surface area contributed by atoms with Gasteiger partial charge in [-0.3, -0.25) is 19.0 Å². The van der Waals surface area contributed by atoms with Crippen molar-refractivity contribution in [3.8, 4) is 5.75 Å². The molecule has 0 saturated carbocycles. The molecule has 168 valence electrons. The van der Waals surface area contributed by atoms with Gasteiger partial charge in [0.1, 0.15) is 16.4 Å². The Labute approximate surface area is 190 Å². The van der Waals surface area contributed by atoms with Crippen molar-refractivity contribution in [2.24, 2.45) is 0 Å². The summed E-state index contributed by atoms with van der Waals surface area (Å²) >= 11 is 1.50. The Balaban J connectivity index is 1.76. The van der Waals surface area contributed by atoms with Crippen molar-refractivity contribution in [2.45, 2.75) is 33.9 Å². The number of carbonyl (C=O) groups excluding carboxylic acids is 2. The fourth-order valence-corrected chi connectivity index (χ4v) is 4.93. The fourth-order valence-electron chi connectivity index (χ4n) is 3.89. The van der Waals surface area contributed by atoms with Gasteiger partial charge in [0, 0.05) is 17.0 Å². The van der Waals surface area contributed by atoms with E-state index < -0.39 is 0 Å². The van der Waals surface area contributed by atoms with Gasteiger partial charge in [0.15, 0.2) is 12.4 Å². The zero-order valence-electron chi connectivity index (χ0n) is 18.9. The molecule has 1 aliphatic rings. The molecular formula is C23H26N4O4S. The number of rotatable bonds is 6. The highest BCUT2D eigenvalue weighted by molar-refractivity contribution is 7.18. The maximum Gasteiger partial charge on any atom is 0.265 e. The number of thiophene rings is 1. The summed E-state index contributed by atoms with van der Waals surface area (Å²) in [6.45, 7) is 6.54. The van der Waals surface area contributed by atoms with Crippen molar-refractivity contribution in [1.82, 2.24) is 14.5 Å². The number of aryl methyl sites for hydroxylation is 2. The minimum atomic E-state index is -0.227. The molecule has 3 heterocycles. The highest BCUT2D eigenvalue weighted by Crippen LogP contribution is 2.33. The maximum atomic E-state index is 13.4. The van der Waals surface area contributed by atoms with Crippen LogP contribution in [0.1, 0.15) is 33.5 Å². The van der Waals surface area contributed by atoms with Gasteiger partial charge < -0.3 is 14.5 Å². The molecule has 1 amide bonds. The summed E-state index contributed by atoms with van der Waals surface area (Å²) in [5.41, 5.74) is 1.70. The first-order valence-corrected chi connectivity index (χ1v) is 11.3. The summed E-state index contributed by atoms with van der Waals surface area (Å²) in [5.74, 6) is 0.747. The Bertz CT molecular complexity index is 1290. The van der Waals surface area contributed by atoms with Gasteiger partial charge >= 0.3 is 0 Å². The molecule has 0 unspecified atom stereocenters. The molecule has 0 fully saturated rings. The Kier molecular flexibility index (Phi) is 5.87. The van der Waals surface area contributed by atoms with Crippen molar-refractivity contribution in [3.05, 3.63) is 50.4 Å². The second kappa shape index (κ2) is 8.48. The largest absolute Gasteiger partial charge is 0.482 e. The van der Waals surface area contributed by atoms with Crippen LogP contribution in [0.25, 0.3) is 10.2 Å². The van der Waals surface area contributed by atoms with Gasteiger partial charge in [0.2, 0.25) is 0 Å². The highest BCUT2D eigenvalue weighted by atomic mass is 32.1. The van der Waals surface area contributed by atoms with E-state index >= 15 is 0 Å². The zero-order valence-corrected chi connectivity index (χ0v) is 19.7. The van der Waals surface area contributed by atoms with E-state index in [2.05, 4.69) is 0 Å². The van der Waals surface area contributed by atoms with Crippen LogP contribution in [0.5, 0.6) is 5.75 Å². The lowest BCUT2D eigenvalue weighted by atomic mass is 10.1. The smallest absolute Gasteiger partial charge is 0.265 e. The predicted molar refractivity (Wildman–Crippen MR) is 125 cm³/mol. The third kappa shape index (κ3) is 3.82. The Morgan fingerprint density at radius 1 is 1.25 bits per heavy atom. The van der Waals surface area contributed by atoms with Crippen LogP contribution >= 0.6 is 11.3 Å². The number of fused-ring (bicyclic) bond motifs is 2. The number of ketones is 1. The van der Waals surface area contributed by atoms with Gasteiger partial charge in [-0.25, -0.2) is 4.98 Å². The molecule has 0 spiro atoms. The molecule has 3 aromatic rings. The van der Waals surface area contributed by atoms with E-state index in [0.29, 0.717) is 46.1 Å². The summed E-state index contributed by atoms with van der Waals surface area (Å²) in [5, 5.41) is 0.574. The highest BCUT2D eigenvalue weighted by Gasteiger charge is 2.26. The lowest BCUT2D eigenvalue weighted by Crippen LogP contribution is -2.38. The lowest BCUT2D eigenvalue weighted by Gasteiger charge is -2.28. The fraction of sp³-hybridized carbons (Fsp3) is 0.391. The summed E-state index contributed by atoms with van der Waals surface area (Å²) in [4.78, 5) is 48.8. The van der Waals surface area contributed by atoms with Crippen molar-refractivity contribution < 1.29 is 14.3 Å². The monoisotopic (exact) mass is 454 g/mol. The maximum absolute atomic E-state index is 13.4. The molecule has 32 heavy (non-hydrogen) atoms. The van der Waals surface area contributed by atoms with E-state index in [-0.39, 0.29) is 30.4 Å². The number of nitrogens with zero attached hydrogens (tertiary/aromatic N) is 4. The molecule has 8 nitrogen and oxygen atoms in total. The Morgan fingerprint density at radius 3 is 2.69 bits per heavy atom. The molecule has 0 N–H and O–H groups in total. The van der Waals surface area contributed by atoms with Crippen molar-refractivity contribution in [3.63, 3.8) is 0 Å². The predicted octanol–water partition coefficient (Wildman–Crippen LogP) is 2.76. The average Bonchev–Trinajstić information content (AvgIpc) is 3.03. The molecule has 4 rings (SSSR count). The van der Waals surface area contributed by atoms with Crippen LogP contribution in [0.15, 0.2) is 23.0 Å². The summed E-state index contributed by atoms with van der Waals surface area (Å²) in [6, 6.07) is 5.04. The number of hydrogen-bond acceptors (Lipinski definition) is 7. The Morgan fingerprint density at radius 2 is 2.00 bits per heavy atom. The molecule has 1 aromatic carbocycles. The zero-order chi connectivity index (χ0) is 23.2. The van der Waals surface area contributed by atoms with Crippen LogP contribution in [0.4, 0.5) is 5.69 Å². The minimum absolute atomic E-state index is 0.0114. The van der Waals surface area contributed by atoms with Gasteiger partial charge in [0.05, 0.1) is 24.2 Å². The SMILES string of the molecule is CCN1C(=O)COc2ccc(C(=O)Cn3c(CN(C)C)nc4sc(C)c(C)c4c3=O)cc21. The molecule has 0 bridgehead atoms. The second-order valence-electron chi connectivity index (χ2n) is 8.15. The van der Waals surface area contributed by atoms with Crippen LogP contribution in [0, 0.1) is 13.8 Å². The number of aromatic nitrogens is 2. The number of Topliss-reactive ketones (excluding diaryl/α,β-unsaturated/α-hetero) is 1. The van der Waals surface area contributed by atoms with E-state index in [1.807, 2.05) is 39.8 Å². The van der Waals surface area contributed by atoms with Crippen LogP contribution in [0.3, 0.4) is 0 Å². The first kappa shape index (κ1) is 22.2. The van der Waals surface area contributed by atoms with Crippen LogP contribution in [0.2, 0.25) is 0 Å². The van der Waals surface area contributed by atoms with Crippen LogP contribution in [-0.2, 0) is 17.9 Å². The quantitative estimate of drug-likeness (QED) is 0.533. The van der Waals surface area contributed by atoms with Gasteiger partial charge in [-0.2, -0.15) is 0 Å². The summed E-state index contributed by atoms with van der Waals surface area (Å²) in [7, 11) is 3.79. The number of hydrogen-bond donors (Lipinski definition) is 0. The second-order valence-corrected chi connectivity index (χ2v) is 9.36. The lowest BCUT2D eigenvalue weighted by molar-refractivity contribution is -0.121. The van der Waals surface area contributed by atoms with Crippen LogP contribution < -0.4 is 15.2 Å². The molecule has 1 aliphatic heterocycles. The Hall–Kier alpha value is -3.04. The van der Waals surface area contributed by atoms with Crippen molar-refractivity contribution in [2.75, 3.05) is 32.1 Å². The van der Waals surface area contributed by atoms with Crippen LogP contribution in [-0.4, -0.2) is 53.4 Å². The summed E-state index contributed by atoms with van der Waals surface area (Å²) < 4.78 is 6.97. The van der Waals surface area contributed by atoms with Crippen molar-refractivity contribution >= 4 is 38.9 Å². The average molecular weight is 455 g/mol. The molecule has 0 atom stereocenters. The molecule has 0 aliphatic carbocycles. The number of benzene rings is 1. The molecule has 9 heteroatoms. The third-order valence-corrected chi connectivity index (χ3v) is 6.77. The summed E-state index contributed by atoms with van der Waals surface area (Å²) in [6.07, 6.45) is 0. The topological polar surface area (TPSA) is 84.7 Å². The van der Waals surface area contributed by atoms with E-state index in [4.69, 9.17) is 9.72 Å². The number of ether oxygens (including phenoxy) is 1. The number of carbonyl (C=O) groups is 2. The molecule has 0 saturated heterocycles.